The molecule has 0 radical (unpaired) electrons. The average molecular weight is 314 g/mol. The van der Waals surface area contributed by atoms with Crippen molar-refractivity contribution >= 4 is 10.0 Å². The molecule has 1 aliphatic carbocycles. The third-order valence-electron chi connectivity index (χ3n) is 4.25. The highest BCUT2D eigenvalue weighted by molar-refractivity contribution is 7.89. The minimum Gasteiger partial charge on any atom is -0.447 e. The molecule has 0 aliphatic heterocycles. The number of rotatable bonds is 7. The second-order valence-electron chi connectivity index (χ2n) is 6.55. The van der Waals surface area contributed by atoms with Crippen molar-refractivity contribution in [3.8, 4) is 0 Å². The Morgan fingerprint density at radius 1 is 1.33 bits per heavy atom. The van der Waals surface area contributed by atoms with Crippen molar-refractivity contribution in [1.29, 1.82) is 0 Å². The van der Waals surface area contributed by atoms with Gasteiger partial charge < -0.3 is 10.2 Å². The molecule has 1 aromatic rings. The van der Waals surface area contributed by atoms with Crippen LogP contribution in [0.1, 0.15) is 51.7 Å². The molecule has 0 amide bonds. The van der Waals surface area contributed by atoms with Crippen LogP contribution in [0.5, 0.6) is 0 Å². The highest BCUT2D eigenvalue weighted by atomic mass is 32.2. The first kappa shape index (κ1) is 16.5. The van der Waals surface area contributed by atoms with Crippen LogP contribution in [0.15, 0.2) is 21.6 Å². The van der Waals surface area contributed by atoms with Crippen molar-refractivity contribution in [1.82, 2.24) is 4.72 Å². The lowest BCUT2D eigenvalue weighted by Gasteiger charge is -2.30. The van der Waals surface area contributed by atoms with Gasteiger partial charge in [-0.25, -0.2) is 13.1 Å². The van der Waals surface area contributed by atoms with Gasteiger partial charge in [0.1, 0.15) is 5.76 Å². The molecule has 0 aromatic carbocycles. The Kier molecular flexibility index (Phi) is 5.11. The van der Waals surface area contributed by atoms with Crippen LogP contribution >= 0.6 is 0 Å². The lowest BCUT2D eigenvalue weighted by molar-refractivity contribution is 0.236. The van der Waals surface area contributed by atoms with Gasteiger partial charge in [0.2, 0.25) is 5.09 Å². The summed E-state index contributed by atoms with van der Waals surface area (Å²) >= 11 is 0. The van der Waals surface area contributed by atoms with Crippen LogP contribution in [-0.2, 0) is 16.6 Å². The van der Waals surface area contributed by atoms with E-state index in [0.717, 1.165) is 19.3 Å². The molecule has 1 fully saturated rings. The largest absolute Gasteiger partial charge is 0.447 e. The van der Waals surface area contributed by atoms with Crippen molar-refractivity contribution in [3.05, 3.63) is 17.9 Å². The molecule has 0 unspecified atom stereocenters. The van der Waals surface area contributed by atoms with Gasteiger partial charge in [0, 0.05) is 6.54 Å². The molecule has 5 nitrogen and oxygen atoms in total. The predicted octanol–water partition coefficient (Wildman–Crippen LogP) is 2.62. The fourth-order valence-corrected chi connectivity index (χ4v) is 4.48. The van der Waals surface area contributed by atoms with Crippen molar-refractivity contribution in [2.24, 2.45) is 17.1 Å². The molecule has 0 bridgehead atoms. The molecule has 2 rings (SSSR count). The number of nitrogens with one attached hydrogen (secondary N) is 1. The summed E-state index contributed by atoms with van der Waals surface area (Å²) < 4.78 is 32.6. The first-order valence-corrected chi connectivity index (χ1v) is 9.14. The van der Waals surface area contributed by atoms with Crippen molar-refractivity contribution in [3.63, 3.8) is 0 Å². The third kappa shape index (κ3) is 4.08. The molecule has 1 aromatic heterocycles. The Hall–Kier alpha value is -0.850. The van der Waals surface area contributed by atoms with E-state index in [0.29, 0.717) is 18.2 Å². The number of hydrogen-bond acceptors (Lipinski definition) is 4. The number of hydrogen-bond donors (Lipinski definition) is 2. The molecule has 0 spiro atoms. The van der Waals surface area contributed by atoms with E-state index in [1.165, 1.54) is 18.9 Å². The maximum absolute atomic E-state index is 12.3. The maximum Gasteiger partial charge on any atom is 0.273 e. The first-order valence-electron chi connectivity index (χ1n) is 7.65. The average Bonchev–Trinajstić information content (AvgIpc) is 3.05. The van der Waals surface area contributed by atoms with E-state index in [1.54, 1.807) is 6.07 Å². The second-order valence-corrected chi connectivity index (χ2v) is 8.25. The number of furan rings is 1. The van der Waals surface area contributed by atoms with Gasteiger partial charge in [0.15, 0.2) is 0 Å². The summed E-state index contributed by atoms with van der Waals surface area (Å²) in [6, 6.07) is 3.07. The Morgan fingerprint density at radius 3 is 2.52 bits per heavy atom. The summed E-state index contributed by atoms with van der Waals surface area (Å²) in [5.74, 6) is 1.05. The molecule has 0 saturated heterocycles. The maximum atomic E-state index is 12.3. The summed E-state index contributed by atoms with van der Waals surface area (Å²) in [7, 11) is -3.58. The van der Waals surface area contributed by atoms with E-state index in [-0.39, 0.29) is 17.1 Å². The summed E-state index contributed by atoms with van der Waals surface area (Å²) in [5, 5.41) is -0.0411. The minimum atomic E-state index is -3.58. The van der Waals surface area contributed by atoms with E-state index < -0.39 is 10.0 Å². The predicted molar refractivity (Wildman–Crippen MR) is 82.1 cm³/mol. The van der Waals surface area contributed by atoms with E-state index in [9.17, 15) is 8.42 Å². The van der Waals surface area contributed by atoms with Gasteiger partial charge in [0.25, 0.3) is 10.0 Å². The van der Waals surface area contributed by atoms with E-state index in [2.05, 4.69) is 18.6 Å². The molecule has 1 aliphatic rings. The van der Waals surface area contributed by atoms with Crippen LogP contribution in [0.2, 0.25) is 0 Å². The zero-order valence-corrected chi connectivity index (χ0v) is 13.7. The molecule has 21 heavy (non-hydrogen) atoms. The van der Waals surface area contributed by atoms with Crippen LogP contribution in [0.25, 0.3) is 0 Å². The Balaban J connectivity index is 2.05. The van der Waals surface area contributed by atoms with Crippen molar-refractivity contribution in [2.75, 3.05) is 6.54 Å². The fourth-order valence-electron chi connectivity index (χ4n) is 3.38. The molecule has 120 valence electrons. The molecule has 3 N–H and O–H groups in total. The Morgan fingerprint density at radius 2 is 2.00 bits per heavy atom. The third-order valence-corrected chi connectivity index (χ3v) is 5.52. The number of sulfonamides is 1. The molecule has 0 atom stereocenters. The SMILES string of the molecule is CC(C)CC1(CNS(=O)(=O)c2ccc(CN)o2)CCCC1. The monoisotopic (exact) mass is 314 g/mol. The fraction of sp³-hybridized carbons (Fsp3) is 0.733. The normalized spacial score (nSPS) is 18.5. The molecule has 6 heteroatoms. The van der Waals surface area contributed by atoms with Crippen molar-refractivity contribution < 1.29 is 12.8 Å². The lowest BCUT2D eigenvalue weighted by atomic mass is 9.79. The topological polar surface area (TPSA) is 85.3 Å². The van der Waals surface area contributed by atoms with Crippen molar-refractivity contribution in [2.45, 2.75) is 57.6 Å². The van der Waals surface area contributed by atoms with Crippen LogP contribution in [-0.4, -0.2) is 15.0 Å². The molecular formula is C15H26N2O3S. The molecule has 1 heterocycles. The van der Waals surface area contributed by atoms with Crippen LogP contribution in [0.4, 0.5) is 0 Å². The molecule has 1 saturated carbocycles. The second kappa shape index (κ2) is 6.50. The van der Waals surface area contributed by atoms with Crippen LogP contribution in [0.3, 0.4) is 0 Å². The smallest absolute Gasteiger partial charge is 0.273 e. The van der Waals surface area contributed by atoms with Gasteiger partial charge in [-0.05, 0) is 42.7 Å². The highest BCUT2D eigenvalue weighted by Crippen LogP contribution is 2.42. The summed E-state index contributed by atoms with van der Waals surface area (Å²) in [6.07, 6.45) is 5.63. The zero-order valence-electron chi connectivity index (χ0n) is 12.9. The van der Waals surface area contributed by atoms with Gasteiger partial charge in [0.05, 0.1) is 6.54 Å². The van der Waals surface area contributed by atoms with Gasteiger partial charge >= 0.3 is 0 Å². The highest BCUT2D eigenvalue weighted by Gasteiger charge is 2.35. The number of nitrogens with two attached hydrogens (primary N) is 1. The summed E-state index contributed by atoms with van der Waals surface area (Å²) in [5.41, 5.74) is 5.55. The first-order chi connectivity index (χ1) is 9.87. The Bertz CT molecular complexity index is 557. The van der Waals surface area contributed by atoms with Crippen LogP contribution in [0, 0.1) is 11.3 Å². The quantitative estimate of drug-likeness (QED) is 0.810. The van der Waals surface area contributed by atoms with E-state index in [4.69, 9.17) is 10.2 Å². The summed E-state index contributed by atoms with van der Waals surface area (Å²) in [4.78, 5) is 0. The minimum absolute atomic E-state index is 0.0411. The van der Waals surface area contributed by atoms with Gasteiger partial charge in [-0.2, -0.15) is 0 Å². The zero-order chi connectivity index (χ0) is 15.5. The van der Waals surface area contributed by atoms with E-state index in [1.807, 2.05) is 0 Å². The van der Waals surface area contributed by atoms with Crippen LogP contribution < -0.4 is 10.5 Å². The van der Waals surface area contributed by atoms with Gasteiger partial charge in [-0.15, -0.1) is 0 Å². The standard InChI is InChI=1S/C15H26N2O3S/c1-12(2)9-15(7-3-4-8-15)11-17-21(18,19)14-6-5-13(10-16)20-14/h5-6,12,17H,3-4,7-11,16H2,1-2H3. The lowest BCUT2D eigenvalue weighted by Crippen LogP contribution is -2.36. The van der Waals surface area contributed by atoms with Gasteiger partial charge in [-0.1, -0.05) is 26.7 Å². The van der Waals surface area contributed by atoms with E-state index >= 15 is 0 Å². The van der Waals surface area contributed by atoms with Gasteiger partial charge in [-0.3, -0.25) is 0 Å². The summed E-state index contributed by atoms with van der Waals surface area (Å²) in [6.45, 7) is 5.07. The Labute approximate surface area is 127 Å². The molecular weight excluding hydrogens is 288 g/mol.